The highest BCUT2D eigenvalue weighted by Gasteiger charge is 2.18. The average Bonchev–Trinajstić information content (AvgIpc) is 2.85. The molecule has 2 aromatic rings. The number of aromatic amines is 1. The number of carbonyl (C=O) groups is 2. The van der Waals surface area contributed by atoms with Gasteiger partial charge in [-0.1, -0.05) is 15.9 Å². The van der Waals surface area contributed by atoms with Crippen molar-refractivity contribution in [3.8, 4) is 0 Å². The Bertz CT molecular complexity index is 641. The van der Waals surface area contributed by atoms with Crippen LogP contribution in [-0.2, 0) is 0 Å². The molecule has 1 aromatic carbocycles. The predicted molar refractivity (Wildman–Crippen MR) is 75.3 cm³/mol. The highest BCUT2D eigenvalue weighted by atomic mass is 79.9. The van der Waals surface area contributed by atoms with Crippen molar-refractivity contribution < 1.29 is 14.7 Å². The molecule has 0 aliphatic heterocycles. The fraction of sp³-hybridized carbons (Fsp3) is 0. The van der Waals surface area contributed by atoms with E-state index in [2.05, 4.69) is 47.1 Å². The Kier molecular flexibility index (Phi) is 4.01. The maximum atomic E-state index is 11.9. The van der Waals surface area contributed by atoms with E-state index in [9.17, 15) is 9.59 Å². The second kappa shape index (κ2) is 5.54. The van der Waals surface area contributed by atoms with Crippen LogP contribution in [0.15, 0.2) is 33.6 Å². The lowest BCUT2D eigenvalue weighted by Gasteiger charge is -2.10. The van der Waals surface area contributed by atoms with E-state index in [4.69, 9.17) is 5.11 Å². The van der Waals surface area contributed by atoms with Crippen molar-refractivity contribution in [3.63, 3.8) is 0 Å². The molecule has 0 atom stereocenters. The molecule has 0 fully saturated rings. The molecule has 1 heterocycles. The fourth-order valence-corrected chi connectivity index (χ4v) is 2.75. The first-order valence-electron chi connectivity index (χ1n) is 5.01. The van der Waals surface area contributed by atoms with E-state index in [-0.39, 0.29) is 16.9 Å². The van der Waals surface area contributed by atoms with E-state index in [1.165, 1.54) is 18.6 Å². The fourth-order valence-electron chi connectivity index (χ4n) is 1.43. The van der Waals surface area contributed by atoms with E-state index < -0.39 is 11.9 Å². The molecule has 0 saturated carbocycles. The van der Waals surface area contributed by atoms with Crippen LogP contribution >= 0.6 is 31.9 Å². The summed E-state index contributed by atoms with van der Waals surface area (Å²) in [6.07, 6.45) is 2.71. The first-order chi connectivity index (χ1) is 8.99. The molecule has 19 heavy (non-hydrogen) atoms. The number of benzene rings is 1. The number of carboxylic acid groups (broad SMARTS) is 1. The molecule has 1 aromatic heterocycles. The number of imidazole rings is 1. The van der Waals surface area contributed by atoms with Gasteiger partial charge in [-0.2, -0.15) is 0 Å². The number of H-pyrrole nitrogens is 1. The number of hydrogen-bond acceptors (Lipinski definition) is 3. The standard InChI is InChI=1S/C11H7Br2N3O3/c12-5-1-6(11(18)19)9(7(13)2-5)16-10(17)8-3-14-4-15-8/h1-4H,(H,14,15)(H,16,17)(H,18,19). The maximum Gasteiger partial charge on any atom is 0.337 e. The van der Waals surface area contributed by atoms with Crippen molar-refractivity contribution in [2.75, 3.05) is 5.32 Å². The second-order valence-electron chi connectivity index (χ2n) is 3.53. The first-order valence-corrected chi connectivity index (χ1v) is 6.59. The zero-order valence-corrected chi connectivity index (χ0v) is 12.4. The summed E-state index contributed by atoms with van der Waals surface area (Å²) in [7, 11) is 0. The largest absolute Gasteiger partial charge is 0.478 e. The zero-order chi connectivity index (χ0) is 14.0. The van der Waals surface area contributed by atoms with Gasteiger partial charge in [0.05, 0.1) is 23.8 Å². The van der Waals surface area contributed by atoms with Gasteiger partial charge < -0.3 is 15.4 Å². The molecule has 3 N–H and O–H groups in total. The highest BCUT2D eigenvalue weighted by Crippen LogP contribution is 2.31. The van der Waals surface area contributed by atoms with E-state index >= 15 is 0 Å². The number of anilines is 1. The summed E-state index contributed by atoms with van der Waals surface area (Å²) < 4.78 is 1.06. The molecular weight excluding hydrogens is 382 g/mol. The van der Waals surface area contributed by atoms with Crippen LogP contribution in [0.4, 0.5) is 5.69 Å². The number of rotatable bonds is 3. The normalized spacial score (nSPS) is 10.2. The van der Waals surface area contributed by atoms with Crippen LogP contribution < -0.4 is 5.32 Å². The lowest BCUT2D eigenvalue weighted by atomic mass is 10.1. The molecule has 8 heteroatoms. The number of halogens is 2. The lowest BCUT2D eigenvalue weighted by Crippen LogP contribution is -2.15. The minimum atomic E-state index is -1.14. The second-order valence-corrected chi connectivity index (χ2v) is 5.30. The smallest absolute Gasteiger partial charge is 0.337 e. The van der Waals surface area contributed by atoms with Crippen molar-refractivity contribution in [2.24, 2.45) is 0 Å². The number of aromatic nitrogens is 2. The van der Waals surface area contributed by atoms with Gasteiger partial charge >= 0.3 is 5.97 Å². The van der Waals surface area contributed by atoms with Gasteiger partial charge in [0.25, 0.3) is 5.91 Å². The summed E-state index contributed by atoms with van der Waals surface area (Å²) in [6.45, 7) is 0. The highest BCUT2D eigenvalue weighted by molar-refractivity contribution is 9.11. The molecule has 0 bridgehead atoms. The maximum absolute atomic E-state index is 11.9. The van der Waals surface area contributed by atoms with Crippen LogP contribution in [0.1, 0.15) is 20.8 Å². The van der Waals surface area contributed by atoms with Gasteiger partial charge in [-0.05, 0) is 28.1 Å². The van der Waals surface area contributed by atoms with Crippen molar-refractivity contribution in [1.82, 2.24) is 9.97 Å². The van der Waals surface area contributed by atoms with E-state index in [0.29, 0.717) is 8.95 Å². The molecule has 1 amide bonds. The third kappa shape index (κ3) is 3.02. The van der Waals surface area contributed by atoms with Crippen molar-refractivity contribution >= 4 is 49.4 Å². The molecule has 0 spiro atoms. The van der Waals surface area contributed by atoms with Gasteiger partial charge in [-0.15, -0.1) is 0 Å². The van der Waals surface area contributed by atoms with Crippen LogP contribution in [0.3, 0.4) is 0 Å². The quantitative estimate of drug-likeness (QED) is 0.753. The first kappa shape index (κ1) is 13.8. The summed E-state index contributed by atoms with van der Waals surface area (Å²) in [5.41, 5.74) is 0.413. The number of nitrogens with zero attached hydrogens (tertiary/aromatic N) is 1. The van der Waals surface area contributed by atoms with Crippen LogP contribution in [0, 0.1) is 0 Å². The monoisotopic (exact) mass is 387 g/mol. The minimum absolute atomic E-state index is 0.0193. The Labute approximate surface area is 124 Å². The lowest BCUT2D eigenvalue weighted by molar-refractivity contribution is 0.0698. The molecule has 0 unspecified atom stereocenters. The summed E-state index contributed by atoms with van der Waals surface area (Å²) in [5.74, 6) is -1.61. The van der Waals surface area contributed by atoms with E-state index in [0.717, 1.165) is 0 Å². The molecule has 2 rings (SSSR count). The van der Waals surface area contributed by atoms with Crippen molar-refractivity contribution in [2.45, 2.75) is 0 Å². The van der Waals surface area contributed by atoms with Crippen molar-refractivity contribution in [1.29, 1.82) is 0 Å². The van der Waals surface area contributed by atoms with Crippen LogP contribution in [-0.4, -0.2) is 27.0 Å². The van der Waals surface area contributed by atoms with E-state index in [1.54, 1.807) is 6.07 Å². The molecule has 98 valence electrons. The minimum Gasteiger partial charge on any atom is -0.478 e. The van der Waals surface area contributed by atoms with E-state index in [1.807, 2.05) is 0 Å². The average molecular weight is 389 g/mol. The third-order valence-electron chi connectivity index (χ3n) is 2.27. The van der Waals surface area contributed by atoms with Gasteiger partial charge in [-0.3, -0.25) is 4.79 Å². The van der Waals surface area contributed by atoms with Crippen LogP contribution in [0.5, 0.6) is 0 Å². The molecule has 0 aliphatic carbocycles. The topological polar surface area (TPSA) is 95.1 Å². The summed E-state index contributed by atoms with van der Waals surface area (Å²) in [6, 6.07) is 3.06. The molecule has 6 nitrogen and oxygen atoms in total. The van der Waals surface area contributed by atoms with Gasteiger partial charge in [0.15, 0.2) is 0 Å². The number of amides is 1. The third-order valence-corrected chi connectivity index (χ3v) is 3.35. The van der Waals surface area contributed by atoms with Gasteiger partial charge in [0.2, 0.25) is 0 Å². The zero-order valence-electron chi connectivity index (χ0n) is 9.28. The molecule has 0 radical (unpaired) electrons. The Morgan fingerprint density at radius 1 is 1.32 bits per heavy atom. The number of carboxylic acids is 1. The molecular formula is C11H7Br2N3O3. The number of carbonyl (C=O) groups excluding carboxylic acids is 1. The van der Waals surface area contributed by atoms with Crippen molar-refractivity contribution in [3.05, 3.63) is 44.9 Å². The predicted octanol–water partition coefficient (Wildman–Crippen LogP) is 2.89. The Morgan fingerprint density at radius 3 is 2.63 bits per heavy atom. The van der Waals surface area contributed by atoms with Gasteiger partial charge in [-0.25, -0.2) is 9.78 Å². The van der Waals surface area contributed by atoms with Crippen LogP contribution in [0.25, 0.3) is 0 Å². The Hall–Kier alpha value is -1.67. The number of hydrogen-bond donors (Lipinski definition) is 3. The molecule has 0 saturated heterocycles. The van der Waals surface area contributed by atoms with Crippen LogP contribution in [0.2, 0.25) is 0 Å². The summed E-state index contributed by atoms with van der Waals surface area (Å²) in [4.78, 5) is 29.4. The Balaban J connectivity index is 2.39. The van der Waals surface area contributed by atoms with Gasteiger partial charge in [0, 0.05) is 8.95 Å². The summed E-state index contributed by atoms with van der Waals surface area (Å²) in [5, 5.41) is 11.7. The summed E-state index contributed by atoms with van der Waals surface area (Å²) >= 11 is 6.42. The number of aromatic carboxylic acids is 1. The Morgan fingerprint density at radius 2 is 2.05 bits per heavy atom. The number of nitrogens with one attached hydrogen (secondary N) is 2. The molecule has 0 aliphatic rings. The van der Waals surface area contributed by atoms with Gasteiger partial charge in [0.1, 0.15) is 5.69 Å². The SMILES string of the molecule is O=C(Nc1c(Br)cc(Br)cc1C(=O)O)c1cnc[nH]1.